The van der Waals surface area contributed by atoms with Gasteiger partial charge in [-0.25, -0.2) is 17.7 Å². The van der Waals surface area contributed by atoms with Crippen LogP contribution in [0.3, 0.4) is 0 Å². The van der Waals surface area contributed by atoms with Gasteiger partial charge >= 0.3 is 0 Å². The van der Waals surface area contributed by atoms with Crippen LogP contribution in [0.25, 0.3) is 0 Å². The fourth-order valence-electron chi connectivity index (χ4n) is 3.81. The van der Waals surface area contributed by atoms with E-state index in [-0.39, 0.29) is 10.7 Å². The number of anilines is 1. The normalized spacial score (nSPS) is 22.6. The summed E-state index contributed by atoms with van der Waals surface area (Å²) in [6.07, 6.45) is 8.94. The Morgan fingerprint density at radius 2 is 1.83 bits per heavy atom. The standard InChI is InChI=1S/C15H22Cl2N4O2S/c1-24(22,23)21-8-6-15(7-9-21)4-2-11(3-5-15)19-13-12(16)10-18-14(17)20-13/h10-11H,2-9H2,1H3,(H,18,19,20). The number of rotatable bonds is 3. The highest BCUT2D eigenvalue weighted by molar-refractivity contribution is 7.88. The maximum Gasteiger partial charge on any atom is 0.224 e. The third-order valence-electron chi connectivity index (χ3n) is 5.35. The number of nitrogens with one attached hydrogen (secondary N) is 1. The second-order valence-electron chi connectivity index (χ2n) is 6.92. The molecule has 24 heavy (non-hydrogen) atoms. The molecule has 1 aromatic heterocycles. The summed E-state index contributed by atoms with van der Waals surface area (Å²) in [6.45, 7) is 1.29. The van der Waals surface area contributed by atoms with Crippen molar-refractivity contribution < 1.29 is 8.42 Å². The molecule has 0 amide bonds. The molecule has 0 atom stereocenters. The van der Waals surface area contributed by atoms with Gasteiger partial charge in [0.1, 0.15) is 10.8 Å². The number of hydrogen-bond acceptors (Lipinski definition) is 5. The van der Waals surface area contributed by atoms with Crippen LogP contribution in [0.4, 0.5) is 5.82 Å². The maximum atomic E-state index is 11.7. The molecule has 1 aliphatic carbocycles. The van der Waals surface area contributed by atoms with Crippen LogP contribution >= 0.6 is 23.2 Å². The summed E-state index contributed by atoms with van der Waals surface area (Å²) in [7, 11) is -3.06. The highest BCUT2D eigenvalue weighted by Gasteiger charge is 2.39. The molecule has 0 unspecified atom stereocenters. The van der Waals surface area contributed by atoms with Gasteiger partial charge in [0.2, 0.25) is 15.3 Å². The zero-order valence-corrected chi connectivity index (χ0v) is 16.0. The molecule has 2 fully saturated rings. The van der Waals surface area contributed by atoms with Crippen molar-refractivity contribution in [3.05, 3.63) is 16.5 Å². The SMILES string of the molecule is CS(=O)(=O)N1CCC2(CCC(Nc3nc(Cl)ncc3Cl)CC2)CC1. The summed E-state index contributed by atoms with van der Waals surface area (Å²) in [5, 5.41) is 4.03. The predicted molar refractivity (Wildman–Crippen MR) is 96.0 cm³/mol. The quantitative estimate of drug-likeness (QED) is 0.799. The molecule has 1 saturated carbocycles. The van der Waals surface area contributed by atoms with Crippen LogP contribution in [0, 0.1) is 5.41 Å². The van der Waals surface area contributed by atoms with Gasteiger partial charge in [0, 0.05) is 19.1 Å². The Bertz CT molecular complexity index is 695. The smallest absolute Gasteiger partial charge is 0.224 e. The summed E-state index contributed by atoms with van der Waals surface area (Å²) in [5.74, 6) is 0.588. The van der Waals surface area contributed by atoms with Gasteiger partial charge in [-0.15, -0.1) is 0 Å². The molecule has 1 aromatic rings. The Labute approximate surface area is 153 Å². The Hall–Kier alpha value is -0.630. The monoisotopic (exact) mass is 392 g/mol. The van der Waals surface area contributed by atoms with E-state index < -0.39 is 10.0 Å². The first-order chi connectivity index (χ1) is 11.3. The van der Waals surface area contributed by atoms with Crippen LogP contribution in [0.15, 0.2) is 6.20 Å². The zero-order valence-electron chi connectivity index (χ0n) is 13.6. The average Bonchev–Trinajstić information content (AvgIpc) is 2.53. The predicted octanol–water partition coefficient (Wildman–Crippen LogP) is 3.18. The van der Waals surface area contributed by atoms with Crippen molar-refractivity contribution in [3.8, 4) is 0 Å². The molecular formula is C15H22Cl2N4O2S. The average molecular weight is 393 g/mol. The Balaban J connectivity index is 1.56. The van der Waals surface area contributed by atoms with Crippen LogP contribution in [-0.2, 0) is 10.0 Å². The molecule has 1 aliphatic heterocycles. The molecule has 9 heteroatoms. The van der Waals surface area contributed by atoms with Crippen molar-refractivity contribution in [1.82, 2.24) is 14.3 Å². The van der Waals surface area contributed by atoms with Crippen molar-refractivity contribution in [2.75, 3.05) is 24.7 Å². The van der Waals surface area contributed by atoms with E-state index in [4.69, 9.17) is 23.2 Å². The van der Waals surface area contributed by atoms with Crippen molar-refractivity contribution in [3.63, 3.8) is 0 Å². The first-order valence-corrected chi connectivity index (χ1v) is 10.8. The van der Waals surface area contributed by atoms with Gasteiger partial charge in [-0.3, -0.25) is 0 Å². The minimum absolute atomic E-state index is 0.183. The van der Waals surface area contributed by atoms with E-state index >= 15 is 0 Å². The fourth-order valence-corrected chi connectivity index (χ4v) is 4.93. The van der Waals surface area contributed by atoms with Crippen molar-refractivity contribution in [2.45, 2.75) is 44.6 Å². The van der Waals surface area contributed by atoms with E-state index in [0.717, 1.165) is 38.5 Å². The third kappa shape index (κ3) is 4.12. The van der Waals surface area contributed by atoms with Crippen LogP contribution in [0.2, 0.25) is 10.3 Å². The number of piperidine rings is 1. The van der Waals surface area contributed by atoms with E-state index in [1.54, 1.807) is 4.31 Å². The summed E-state index contributed by atoms with van der Waals surface area (Å²) >= 11 is 11.9. The Morgan fingerprint density at radius 3 is 2.42 bits per heavy atom. The van der Waals surface area contributed by atoms with Gasteiger partial charge in [-0.1, -0.05) is 11.6 Å². The zero-order chi connectivity index (χ0) is 17.4. The number of sulfonamides is 1. The minimum Gasteiger partial charge on any atom is -0.366 e. The van der Waals surface area contributed by atoms with Gasteiger partial charge in [-0.05, 0) is 55.5 Å². The van der Waals surface area contributed by atoms with Gasteiger partial charge in [0.25, 0.3) is 0 Å². The highest BCUT2D eigenvalue weighted by Crippen LogP contribution is 2.45. The lowest BCUT2D eigenvalue weighted by Gasteiger charge is -2.45. The number of aromatic nitrogens is 2. The molecule has 1 spiro atoms. The van der Waals surface area contributed by atoms with Gasteiger partial charge in [0.15, 0.2) is 0 Å². The molecule has 0 aromatic carbocycles. The number of hydrogen-bond donors (Lipinski definition) is 1. The fraction of sp³-hybridized carbons (Fsp3) is 0.733. The second-order valence-corrected chi connectivity index (χ2v) is 9.64. The second kappa shape index (κ2) is 6.94. The first-order valence-electron chi connectivity index (χ1n) is 8.17. The first kappa shape index (κ1) is 18.2. The molecular weight excluding hydrogens is 371 g/mol. The van der Waals surface area contributed by atoms with Crippen LogP contribution in [0.5, 0.6) is 0 Å². The Kier molecular flexibility index (Phi) is 5.25. The molecule has 2 heterocycles. The summed E-state index contributed by atoms with van der Waals surface area (Å²) < 4.78 is 24.9. The van der Waals surface area contributed by atoms with E-state index in [2.05, 4.69) is 15.3 Å². The van der Waals surface area contributed by atoms with E-state index in [9.17, 15) is 8.42 Å². The number of halogens is 2. The van der Waals surface area contributed by atoms with Gasteiger partial charge in [0.05, 0.1) is 12.5 Å². The molecule has 3 rings (SSSR count). The van der Waals surface area contributed by atoms with Gasteiger partial charge < -0.3 is 5.32 Å². The van der Waals surface area contributed by atoms with Crippen LogP contribution < -0.4 is 5.32 Å². The lowest BCUT2D eigenvalue weighted by Crippen LogP contribution is -2.45. The molecule has 2 aliphatic rings. The lowest BCUT2D eigenvalue weighted by atomic mass is 9.67. The van der Waals surface area contributed by atoms with Gasteiger partial charge in [-0.2, -0.15) is 4.98 Å². The van der Waals surface area contributed by atoms with Crippen molar-refractivity contribution in [2.24, 2.45) is 5.41 Å². The van der Waals surface area contributed by atoms with Crippen molar-refractivity contribution >= 4 is 39.0 Å². The summed E-state index contributed by atoms with van der Waals surface area (Å²) in [4.78, 5) is 8.00. The molecule has 0 bridgehead atoms. The molecule has 1 saturated heterocycles. The largest absolute Gasteiger partial charge is 0.366 e. The minimum atomic E-state index is -3.06. The van der Waals surface area contributed by atoms with E-state index in [1.165, 1.54) is 12.5 Å². The molecule has 134 valence electrons. The van der Waals surface area contributed by atoms with E-state index in [0.29, 0.717) is 30.0 Å². The Morgan fingerprint density at radius 1 is 1.21 bits per heavy atom. The number of nitrogens with zero attached hydrogens (tertiary/aromatic N) is 3. The lowest BCUT2D eigenvalue weighted by molar-refractivity contribution is 0.0981. The topological polar surface area (TPSA) is 75.2 Å². The maximum absolute atomic E-state index is 11.7. The third-order valence-corrected chi connectivity index (χ3v) is 7.12. The molecule has 6 nitrogen and oxygen atoms in total. The molecule has 0 radical (unpaired) electrons. The van der Waals surface area contributed by atoms with Crippen molar-refractivity contribution in [1.29, 1.82) is 0 Å². The molecule has 1 N–H and O–H groups in total. The van der Waals surface area contributed by atoms with E-state index in [1.807, 2.05) is 0 Å². The van der Waals surface area contributed by atoms with Crippen LogP contribution in [0.1, 0.15) is 38.5 Å². The summed E-state index contributed by atoms with van der Waals surface area (Å²) in [6, 6.07) is 0.312. The highest BCUT2D eigenvalue weighted by atomic mass is 35.5. The summed E-state index contributed by atoms with van der Waals surface area (Å²) in [5.41, 5.74) is 0.284. The van der Waals surface area contributed by atoms with Crippen LogP contribution in [-0.4, -0.2) is 48.1 Å².